The zero-order valence-corrected chi connectivity index (χ0v) is 13.0. The molecule has 4 heteroatoms. The largest absolute Gasteiger partial charge is 0.356 e. The molecule has 0 unspecified atom stereocenters. The van der Waals surface area contributed by atoms with Gasteiger partial charge < -0.3 is 10.2 Å². The van der Waals surface area contributed by atoms with E-state index < -0.39 is 0 Å². The van der Waals surface area contributed by atoms with E-state index >= 15 is 0 Å². The molecule has 0 bridgehead atoms. The maximum absolute atomic E-state index is 12.5. The summed E-state index contributed by atoms with van der Waals surface area (Å²) in [6.07, 6.45) is 11.2. The number of likely N-dealkylation sites (tertiary alicyclic amines) is 1. The number of nitrogens with zero attached hydrogens (tertiary/aromatic N) is 1. The van der Waals surface area contributed by atoms with Crippen LogP contribution >= 0.6 is 0 Å². The number of piperidine rings is 1. The number of hydrogen-bond donors (Lipinski definition) is 1. The summed E-state index contributed by atoms with van der Waals surface area (Å²) >= 11 is 0. The van der Waals surface area contributed by atoms with Gasteiger partial charge in [0.15, 0.2) is 0 Å². The van der Waals surface area contributed by atoms with Crippen LogP contribution in [0.5, 0.6) is 0 Å². The Morgan fingerprint density at radius 3 is 2.38 bits per heavy atom. The number of carbonyl (C=O) groups excluding carboxylic acids is 2. The molecule has 1 spiro atoms. The van der Waals surface area contributed by atoms with Gasteiger partial charge in [-0.3, -0.25) is 9.59 Å². The fourth-order valence-electron chi connectivity index (χ4n) is 4.28. The lowest BCUT2D eigenvalue weighted by molar-refractivity contribution is -0.134. The molecular weight excluding hydrogens is 264 g/mol. The van der Waals surface area contributed by atoms with Crippen LogP contribution in [0.2, 0.25) is 0 Å². The lowest BCUT2D eigenvalue weighted by atomic mass is 9.77. The van der Waals surface area contributed by atoms with Gasteiger partial charge in [-0.2, -0.15) is 0 Å². The predicted molar refractivity (Wildman–Crippen MR) is 81.7 cm³/mol. The minimum atomic E-state index is 0.149. The first-order valence-corrected chi connectivity index (χ1v) is 8.71. The van der Waals surface area contributed by atoms with Gasteiger partial charge in [0.25, 0.3) is 0 Å². The Bertz CT molecular complexity index is 392. The van der Waals surface area contributed by atoms with Gasteiger partial charge in [-0.25, -0.2) is 0 Å². The molecule has 2 amide bonds. The van der Waals surface area contributed by atoms with Crippen LogP contribution in [-0.4, -0.2) is 36.3 Å². The average molecular weight is 292 g/mol. The molecule has 3 fully saturated rings. The Hall–Kier alpha value is -1.06. The first kappa shape index (κ1) is 14.9. The molecule has 118 valence electrons. The third-order valence-corrected chi connectivity index (χ3v) is 5.81. The van der Waals surface area contributed by atoms with Crippen molar-refractivity contribution >= 4 is 11.8 Å². The highest BCUT2D eigenvalue weighted by molar-refractivity contribution is 5.79. The number of carbonyl (C=O) groups is 2. The summed E-state index contributed by atoms with van der Waals surface area (Å²) in [4.78, 5) is 26.0. The zero-order chi connectivity index (χ0) is 14.7. The molecule has 0 aromatic carbocycles. The minimum absolute atomic E-state index is 0.149. The van der Waals surface area contributed by atoms with Crippen molar-refractivity contribution in [1.29, 1.82) is 0 Å². The second kappa shape index (κ2) is 6.37. The van der Waals surface area contributed by atoms with Crippen LogP contribution in [0.3, 0.4) is 0 Å². The van der Waals surface area contributed by atoms with Gasteiger partial charge in [-0.1, -0.05) is 25.7 Å². The molecular formula is C17H28N2O2. The normalized spacial score (nSPS) is 26.7. The van der Waals surface area contributed by atoms with Crippen molar-refractivity contribution in [2.24, 2.45) is 11.3 Å². The van der Waals surface area contributed by atoms with E-state index in [1.165, 1.54) is 38.5 Å². The molecule has 2 saturated heterocycles. The van der Waals surface area contributed by atoms with E-state index in [1.54, 1.807) is 0 Å². The Balaban J connectivity index is 1.47. The first-order chi connectivity index (χ1) is 10.2. The van der Waals surface area contributed by atoms with E-state index in [4.69, 9.17) is 0 Å². The molecule has 4 nitrogen and oxygen atoms in total. The van der Waals surface area contributed by atoms with Crippen molar-refractivity contribution in [1.82, 2.24) is 10.2 Å². The van der Waals surface area contributed by atoms with Crippen molar-refractivity contribution in [2.45, 2.75) is 64.2 Å². The summed E-state index contributed by atoms with van der Waals surface area (Å²) in [5.74, 6) is 1.16. The molecule has 0 aromatic heterocycles. The summed E-state index contributed by atoms with van der Waals surface area (Å²) in [7, 11) is 0. The number of amides is 2. The van der Waals surface area contributed by atoms with Gasteiger partial charge in [0.05, 0.1) is 0 Å². The highest BCUT2D eigenvalue weighted by Gasteiger charge is 2.41. The van der Waals surface area contributed by atoms with Crippen LogP contribution in [-0.2, 0) is 9.59 Å². The summed E-state index contributed by atoms with van der Waals surface area (Å²) in [5.41, 5.74) is 0.149. The van der Waals surface area contributed by atoms with E-state index in [0.29, 0.717) is 18.2 Å². The Kier molecular flexibility index (Phi) is 4.51. The van der Waals surface area contributed by atoms with Gasteiger partial charge >= 0.3 is 0 Å². The summed E-state index contributed by atoms with van der Waals surface area (Å²) in [6.45, 7) is 2.51. The Labute approximate surface area is 127 Å². The van der Waals surface area contributed by atoms with Crippen molar-refractivity contribution in [3.63, 3.8) is 0 Å². The van der Waals surface area contributed by atoms with Gasteiger partial charge in [0.2, 0.25) is 11.8 Å². The lowest BCUT2D eigenvalue weighted by Crippen LogP contribution is -2.44. The maximum atomic E-state index is 12.5. The van der Waals surface area contributed by atoms with Crippen molar-refractivity contribution < 1.29 is 9.59 Å². The van der Waals surface area contributed by atoms with E-state index in [1.807, 2.05) is 0 Å². The molecule has 3 aliphatic rings. The summed E-state index contributed by atoms with van der Waals surface area (Å²) in [5, 5.41) is 2.95. The van der Waals surface area contributed by atoms with Crippen molar-refractivity contribution in [2.75, 3.05) is 19.6 Å². The van der Waals surface area contributed by atoms with Crippen molar-refractivity contribution in [3.05, 3.63) is 0 Å². The maximum Gasteiger partial charge on any atom is 0.222 e. The highest BCUT2D eigenvalue weighted by atomic mass is 16.2. The number of hydrogen-bond acceptors (Lipinski definition) is 2. The summed E-state index contributed by atoms with van der Waals surface area (Å²) in [6, 6.07) is 0. The van der Waals surface area contributed by atoms with Gasteiger partial charge in [0.1, 0.15) is 0 Å². The molecule has 1 N–H and O–H groups in total. The van der Waals surface area contributed by atoms with E-state index in [2.05, 4.69) is 10.2 Å². The molecule has 21 heavy (non-hydrogen) atoms. The van der Waals surface area contributed by atoms with Crippen LogP contribution in [0.4, 0.5) is 0 Å². The third-order valence-electron chi connectivity index (χ3n) is 5.81. The lowest BCUT2D eigenvalue weighted by Gasteiger charge is -2.38. The third kappa shape index (κ3) is 3.58. The van der Waals surface area contributed by atoms with E-state index in [0.717, 1.165) is 38.9 Å². The predicted octanol–water partition coefficient (Wildman–Crippen LogP) is 2.48. The van der Waals surface area contributed by atoms with Crippen LogP contribution in [0.15, 0.2) is 0 Å². The van der Waals surface area contributed by atoms with Crippen LogP contribution in [0.25, 0.3) is 0 Å². The second-order valence-corrected chi connectivity index (χ2v) is 7.40. The summed E-state index contributed by atoms with van der Waals surface area (Å²) < 4.78 is 0. The van der Waals surface area contributed by atoms with Gasteiger partial charge in [0, 0.05) is 32.5 Å². The van der Waals surface area contributed by atoms with Crippen LogP contribution < -0.4 is 5.32 Å². The SMILES string of the molecule is O=C1CC2(CCN(C(=O)CC3CCCCCC3)CC2)CN1. The van der Waals surface area contributed by atoms with Crippen LogP contribution in [0, 0.1) is 11.3 Å². The van der Waals surface area contributed by atoms with Gasteiger partial charge in [-0.05, 0) is 37.0 Å². The fourth-order valence-corrected chi connectivity index (χ4v) is 4.28. The quantitative estimate of drug-likeness (QED) is 0.795. The molecule has 2 aliphatic heterocycles. The smallest absolute Gasteiger partial charge is 0.222 e. The molecule has 1 saturated carbocycles. The fraction of sp³-hybridized carbons (Fsp3) is 0.882. The van der Waals surface area contributed by atoms with Gasteiger partial charge in [-0.15, -0.1) is 0 Å². The van der Waals surface area contributed by atoms with Crippen LogP contribution in [0.1, 0.15) is 64.2 Å². The second-order valence-electron chi connectivity index (χ2n) is 7.40. The number of rotatable bonds is 2. The number of nitrogens with one attached hydrogen (secondary N) is 1. The average Bonchev–Trinajstić information content (AvgIpc) is 2.68. The molecule has 0 atom stereocenters. The Morgan fingerprint density at radius 2 is 1.81 bits per heavy atom. The molecule has 0 aromatic rings. The standard InChI is InChI=1S/C17H28N2O2/c20-15-12-17(13-18-15)7-9-19(10-8-17)16(21)11-14-5-3-1-2-4-6-14/h14H,1-13H2,(H,18,20). The van der Waals surface area contributed by atoms with E-state index in [9.17, 15) is 9.59 Å². The molecule has 2 heterocycles. The zero-order valence-electron chi connectivity index (χ0n) is 13.0. The Morgan fingerprint density at radius 1 is 1.14 bits per heavy atom. The molecule has 1 aliphatic carbocycles. The topological polar surface area (TPSA) is 49.4 Å². The highest BCUT2D eigenvalue weighted by Crippen LogP contribution is 2.38. The first-order valence-electron chi connectivity index (χ1n) is 8.71. The molecule has 3 rings (SSSR count). The monoisotopic (exact) mass is 292 g/mol. The van der Waals surface area contributed by atoms with E-state index in [-0.39, 0.29) is 11.3 Å². The molecule has 0 radical (unpaired) electrons. The van der Waals surface area contributed by atoms with Crippen molar-refractivity contribution in [3.8, 4) is 0 Å². The minimum Gasteiger partial charge on any atom is -0.356 e.